The van der Waals surface area contributed by atoms with Crippen molar-refractivity contribution < 1.29 is 18.3 Å². The van der Waals surface area contributed by atoms with Gasteiger partial charge in [-0.05, 0) is 24.9 Å². The van der Waals surface area contributed by atoms with Crippen LogP contribution in [0.15, 0.2) is 11.2 Å². The number of carboxylic acids is 1. The first-order valence-corrected chi connectivity index (χ1v) is 9.12. The minimum absolute atomic E-state index is 0.291. The Morgan fingerprint density at radius 3 is 2.75 bits per heavy atom. The molecule has 0 fully saturated rings. The highest BCUT2D eigenvalue weighted by Gasteiger charge is 2.24. The van der Waals surface area contributed by atoms with E-state index in [1.165, 1.54) is 0 Å². The van der Waals surface area contributed by atoms with E-state index in [1.54, 1.807) is 11.8 Å². The third-order valence-corrected chi connectivity index (χ3v) is 4.80. The summed E-state index contributed by atoms with van der Waals surface area (Å²) in [6.07, 6.45) is 6.89. The van der Waals surface area contributed by atoms with Crippen LogP contribution in [0.25, 0.3) is 0 Å². The second-order valence-electron chi connectivity index (χ2n) is 4.22. The van der Waals surface area contributed by atoms with Gasteiger partial charge in [0, 0.05) is 6.54 Å². The normalized spacial score (nSPS) is 11.7. The number of thioether (sulfide) groups is 1. The fraction of sp³-hybridized carbons (Fsp3) is 0.636. The van der Waals surface area contributed by atoms with Crippen molar-refractivity contribution in [3.63, 3.8) is 0 Å². The SMILES string of the molecule is CSCCCCCCNS(=O)(=O)c1[nH]ncc1C(=O)O. The van der Waals surface area contributed by atoms with E-state index in [9.17, 15) is 13.2 Å². The lowest BCUT2D eigenvalue weighted by Gasteiger charge is -2.05. The zero-order valence-electron chi connectivity index (χ0n) is 11.3. The van der Waals surface area contributed by atoms with E-state index in [0.717, 1.165) is 37.6 Å². The molecular weight excluding hydrogens is 302 g/mol. The molecule has 0 bridgehead atoms. The molecule has 0 saturated carbocycles. The smallest absolute Gasteiger partial charge is 0.340 e. The van der Waals surface area contributed by atoms with Crippen molar-refractivity contribution in [2.24, 2.45) is 0 Å². The van der Waals surface area contributed by atoms with Crippen molar-refractivity contribution in [3.05, 3.63) is 11.8 Å². The largest absolute Gasteiger partial charge is 0.478 e. The number of aromatic nitrogens is 2. The topological polar surface area (TPSA) is 112 Å². The van der Waals surface area contributed by atoms with Crippen LogP contribution in [0.2, 0.25) is 0 Å². The van der Waals surface area contributed by atoms with E-state index in [2.05, 4.69) is 21.2 Å². The van der Waals surface area contributed by atoms with Gasteiger partial charge in [-0.1, -0.05) is 12.8 Å². The van der Waals surface area contributed by atoms with Gasteiger partial charge in [-0.15, -0.1) is 0 Å². The summed E-state index contributed by atoms with van der Waals surface area (Å²) in [5.41, 5.74) is -0.350. The molecule has 0 amide bonds. The lowest BCUT2D eigenvalue weighted by atomic mass is 10.2. The lowest BCUT2D eigenvalue weighted by molar-refractivity contribution is 0.0692. The zero-order chi connectivity index (χ0) is 15.0. The molecule has 1 heterocycles. The molecule has 0 aromatic carbocycles. The van der Waals surface area contributed by atoms with E-state index in [-0.39, 0.29) is 5.56 Å². The number of aromatic carboxylic acids is 1. The quantitative estimate of drug-likeness (QED) is 0.560. The predicted octanol–water partition coefficient (Wildman–Crippen LogP) is 1.31. The summed E-state index contributed by atoms with van der Waals surface area (Å²) in [5, 5.41) is 14.1. The highest BCUT2D eigenvalue weighted by atomic mass is 32.2. The van der Waals surface area contributed by atoms with E-state index < -0.39 is 21.0 Å². The molecule has 0 saturated heterocycles. The number of H-pyrrole nitrogens is 1. The first-order chi connectivity index (χ1) is 9.49. The molecule has 9 heteroatoms. The van der Waals surface area contributed by atoms with Gasteiger partial charge in [0.2, 0.25) is 0 Å². The average molecular weight is 321 g/mol. The van der Waals surface area contributed by atoms with Crippen LogP contribution in [-0.2, 0) is 10.0 Å². The Morgan fingerprint density at radius 2 is 2.10 bits per heavy atom. The van der Waals surface area contributed by atoms with Gasteiger partial charge in [-0.2, -0.15) is 16.9 Å². The number of carboxylic acid groups (broad SMARTS) is 1. The first-order valence-electron chi connectivity index (χ1n) is 6.24. The summed E-state index contributed by atoms with van der Waals surface area (Å²) in [5.74, 6) is -0.210. The van der Waals surface area contributed by atoms with Crippen LogP contribution >= 0.6 is 11.8 Å². The Balaban J connectivity index is 2.42. The summed E-state index contributed by atoms with van der Waals surface area (Å²) < 4.78 is 26.2. The van der Waals surface area contributed by atoms with Crippen molar-refractivity contribution in [2.75, 3.05) is 18.6 Å². The van der Waals surface area contributed by atoms with E-state index in [0.29, 0.717) is 6.54 Å². The molecule has 3 N–H and O–H groups in total. The van der Waals surface area contributed by atoms with Crippen molar-refractivity contribution in [1.29, 1.82) is 0 Å². The van der Waals surface area contributed by atoms with Crippen LogP contribution in [-0.4, -0.2) is 48.2 Å². The highest BCUT2D eigenvalue weighted by Crippen LogP contribution is 2.11. The zero-order valence-corrected chi connectivity index (χ0v) is 12.9. The summed E-state index contributed by atoms with van der Waals surface area (Å²) >= 11 is 1.79. The summed E-state index contributed by atoms with van der Waals surface area (Å²) in [6.45, 7) is 0.291. The molecule has 0 aliphatic carbocycles. The second kappa shape index (κ2) is 8.28. The maximum atomic E-state index is 11.9. The summed E-state index contributed by atoms with van der Waals surface area (Å²) in [6, 6.07) is 0. The standard InChI is InChI=1S/C11H19N3O4S2/c1-19-7-5-3-2-4-6-13-20(17,18)10-9(11(15)16)8-12-14-10/h8,13H,2-7H2,1H3,(H,12,14)(H,15,16). The molecule has 0 spiro atoms. The molecule has 1 rings (SSSR count). The number of rotatable bonds is 10. The van der Waals surface area contributed by atoms with Crippen molar-refractivity contribution in [3.8, 4) is 0 Å². The molecule has 0 radical (unpaired) electrons. The van der Waals surface area contributed by atoms with Crippen LogP contribution in [0, 0.1) is 0 Å². The van der Waals surface area contributed by atoms with Crippen LogP contribution in [0.5, 0.6) is 0 Å². The number of unbranched alkanes of at least 4 members (excludes halogenated alkanes) is 3. The Kier molecular flexibility index (Phi) is 7.03. The van der Waals surface area contributed by atoms with Gasteiger partial charge in [-0.25, -0.2) is 17.9 Å². The van der Waals surface area contributed by atoms with E-state index in [4.69, 9.17) is 5.11 Å². The molecule has 0 aliphatic rings. The lowest BCUT2D eigenvalue weighted by Crippen LogP contribution is -2.26. The molecule has 20 heavy (non-hydrogen) atoms. The maximum Gasteiger partial charge on any atom is 0.340 e. The van der Waals surface area contributed by atoms with Gasteiger partial charge < -0.3 is 5.11 Å². The third-order valence-electron chi connectivity index (χ3n) is 2.67. The third kappa shape index (κ3) is 5.14. The van der Waals surface area contributed by atoms with Crippen molar-refractivity contribution >= 4 is 27.8 Å². The molecule has 0 aliphatic heterocycles. The predicted molar refractivity (Wildman–Crippen MR) is 77.6 cm³/mol. The first kappa shape index (κ1) is 17.0. The van der Waals surface area contributed by atoms with Crippen LogP contribution in [0.3, 0.4) is 0 Å². The van der Waals surface area contributed by atoms with Gasteiger partial charge in [-0.3, -0.25) is 5.10 Å². The number of hydrogen-bond acceptors (Lipinski definition) is 5. The van der Waals surface area contributed by atoms with Crippen molar-refractivity contribution in [1.82, 2.24) is 14.9 Å². The van der Waals surface area contributed by atoms with E-state index >= 15 is 0 Å². The Hall–Kier alpha value is -1.06. The fourth-order valence-corrected chi connectivity index (χ4v) is 3.29. The van der Waals surface area contributed by atoms with Crippen molar-refractivity contribution in [2.45, 2.75) is 30.7 Å². The van der Waals surface area contributed by atoms with Crippen LogP contribution in [0.4, 0.5) is 0 Å². The van der Waals surface area contributed by atoms with Crippen LogP contribution in [0.1, 0.15) is 36.0 Å². The Labute approximate surface area is 122 Å². The number of nitrogens with one attached hydrogen (secondary N) is 2. The monoisotopic (exact) mass is 321 g/mol. The highest BCUT2D eigenvalue weighted by molar-refractivity contribution is 7.98. The van der Waals surface area contributed by atoms with Gasteiger partial charge in [0.25, 0.3) is 10.0 Å². The number of carbonyl (C=O) groups is 1. The van der Waals surface area contributed by atoms with E-state index in [1.807, 2.05) is 0 Å². The maximum absolute atomic E-state index is 11.9. The minimum Gasteiger partial charge on any atom is -0.478 e. The molecule has 1 aromatic rings. The average Bonchev–Trinajstić information content (AvgIpc) is 2.88. The summed E-state index contributed by atoms with van der Waals surface area (Å²) in [4.78, 5) is 10.9. The number of hydrogen-bond donors (Lipinski definition) is 3. The molecule has 0 atom stereocenters. The minimum atomic E-state index is -3.84. The fourth-order valence-electron chi connectivity index (χ4n) is 1.64. The Bertz CT molecular complexity index is 528. The summed E-state index contributed by atoms with van der Waals surface area (Å²) in [7, 11) is -3.84. The van der Waals surface area contributed by atoms with Gasteiger partial charge in [0.1, 0.15) is 5.56 Å². The number of aromatic amines is 1. The second-order valence-corrected chi connectivity index (χ2v) is 6.91. The molecule has 7 nitrogen and oxygen atoms in total. The molecule has 114 valence electrons. The van der Waals surface area contributed by atoms with Crippen LogP contribution < -0.4 is 4.72 Å². The molecular formula is C11H19N3O4S2. The number of sulfonamides is 1. The molecule has 1 aromatic heterocycles. The Morgan fingerprint density at radius 1 is 1.40 bits per heavy atom. The molecule has 0 unspecified atom stereocenters. The van der Waals surface area contributed by atoms with Gasteiger partial charge in [0.15, 0.2) is 5.03 Å². The van der Waals surface area contributed by atoms with Gasteiger partial charge in [0.05, 0.1) is 6.20 Å². The number of nitrogens with zero attached hydrogens (tertiary/aromatic N) is 1. The van der Waals surface area contributed by atoms with Gasteiger partial charge >= 0.3 is 5.97 Å².